The molecule has 20 heavy (non-hydrogen) atoms. The maximum Gasteiger partial charge on any atom is 0.224 e. The average Bonchev–Trinajstić information content (AvgIpc) is 2.69. The number of nitrogens with one attached hydrogen (secondary N) is 1. The minimum Gasteiger partial charge on any atom is -0.466 e. The number of aryl methyl sites for hydroxylation is 2. The quantitative estimate of drug-likeness (QED) is 0.925. The number of hydrogen-bond donors (Lipinski definition) is 1. The first-order chi connectivity index (χ1) is 9.45. The summed E-state index contributed by atoms with van der Waals surface area (Å²) in [4.78, 5) is 11.9. The molecule has 1 N–H and O–H groups in total. The third-order valence-electron chi connectivity index (χ3n) is 2.99. The van der Waals surface area contributed by atoms with Gasteiger partial charge in [0.25, 0.3) is 0 Å². The first-order valence-electron chi connectivity index (χ1n) is 6.22. The van der Waals surface area contributed by atoms with Crippen molar-refractivity contribution in [2.75, 3.05) is 0 Å². The predicted molar refractivity (Wildman–Crippen MR) is 80.2 cm³/mol. The van der Waals surface area contributed by atoms with Crippen LogP contribution in [-0.4, -0.2) is 5.91 Å². The number of furan rings is 1. The van der Waals surface area contributed by atoms with E-state index in [1.165, 1.54) is 0 Å². The maximum absolute atomic E-state index is 11.9. The summed E-state index contributed by atoms with van der Waals surface area (Å²) in [5.41, 5.74) is 1.74. The van der Waals surface area contributed by atoms with E-state index in [1.54, 1.807) is 18.2 Å². The molecule has 0 spiro atoms. The van der Waals surface area contributed by atoms with Crippen LogP contribution >= 0.6 is 23.2 Å². The third kappa shape index (κ3) is 3.78. The lowest BCUT2D eigenvalue weighted by Crippen LogP contribution is -2.24. The smallest absolute Gasteiger partial charge is 0.224 e. The molecule has 2 aromatic rings. The highest BCUT2D eigenvalue weighted by Gasteiger charge is 2.09. The molecule has 0 aliphatic heterocycles. The van der Waals surface area contributed by atoms with Gasteiger partial charge in [0.05, 0.1) is 6.42 Å². The Kier molecular flexibility index (Phi) is 4.73. The Labute approximate surface area is 127 Å². The standard InChI is InChI=1S/C15H15Cl2NO2/c1-9-5-12(10(2)20-9)8-18-15(19)6-11-3-4-13(16)7-14(11)17/h3-5,7H,6,8H2,1-2H3,(H,18,19). The summed E-state index contributed by atoms with van der Waals surface area (Å²) in [5.74, 6) is 1.58. The van der Waals surface area contributed by atoms with Crippen LogP contribution in [0, 0.1) is 13.8 Å². The van der Waals surface area contributed by atoms with Crippen molar-refractivity contribution in [3.8, 4) is 0 Å². The summed E-state index contributed by atoms with van der Waals surface area (Å²) in [6, 6.07) is 7.04. The van der Waals surface area contributed by atoms with Crippen LogP contribution in [0.3, 0.4) is 0 Å². The SMILES string of the molecule is Cc1cc(CNC(=O)Cc2ccc(Cl)cc2Cl)c(C)o1. The molecule has 2 rings (SSSR count). The highest BCUT2D eigenvalue weighted by molar-refractivity contribution is 6.35. The molecule has 0 radical (unpaired) electrons. The number of carbonyl (C=O) groups is 1. The molecule has 5 heteroatoms. The second-order valence-corrected chi connectivity index (χ2v) is 5.47. The molecule has 0 saturated carbocycles. The van der Waals surface area contributed by atoms with Crippen LogP contribution in [0.5, 0.6) is 0 Å². The second-order valence-electron chi connectivity index (χ2n) is 4.63. The molecule has 0 bridgehead atoms. The fourth-order valence-electron chi connectivity index (χ4n) is 1.95. The molecule has 1 aromatic carbocycles. The maximum atomic E-state index is 11.9. The Bertz CT molecular complexity index is 635. The van der Waals surface area contributed by atoms with Crippen LogP contribution < -0.4 is 5.32 Å². The van der Waals surface area contributed by atoms with Gasteiger partial charge in [0.15, 0.2) is 0 Å². The highest BCUT2D eigenvalue weighted by Crippen LogP contribution is 2.21. The highest BCUT2D eigenvalue weighted by atomic mass is 35.5. The van der Waals surface area contributed by atoms with Gasteiger partial charge in [-0.3, -0.25) is 4.79 Å². The Morgan fingerprint density at radius 1 is 1.20 bits per heavy atom. The first kappa shape index (κ1) is 14.9. The van der Waals surface area contributed by atoms with Crippen molar-refractivity contribution in [3.63, 3.8) is 0 Å². The van der Waals surface area contributed by atoms with E-state index in [2.05, 4.69) is 5.32 Å². The molecule has 0 unspecified atom stereocenters. The molecule has 0 atom stereocenters. The fourth-order valence-corrected chi connectivity index (χ4v) is 2.43. The van der Waals surface area contributed by atoms with Crippen LogP contribution in [0.25, 0.3) is 0 Å². The van der Waals surface area contributed by atoms with Crippen molar-refractivity contribution in [2.24, 2.45) is 0 Å². The van der Waals surface area contributed by atoms with Gasteiger partial charge in [-0.25, -0.2) is 0 Å². The van der Waals surface area contributed by atoms with Gasteiger partial charge in [-0.05, 0) is 37.6 Å². The lowest BCUT2D eigenvalue weighted by molar-refractivity contribution is -0.120. The van der Waals surface area contributed by atoms with Crippen molar-refractivity contribution in [1.29, 1.82) is 0 Å². The molecule has 0 saturated heterocycles. The molecule has 1 heterocycles. The lowest BCUT2D eigenvalue weighted by Gasteiger charge is -2.06. The number of hydrogen-bond acceptors (Lipinski definition) is 2. The zero-order valence-corrected chi connectivity index (χ0v) is 12.8. The van der Waals surface area contributed by atoms with Crippen molar-refractivity contribution in [1.82, 2.24) is 5.32 Å². The van der Waals surface area contributed by atoms with E-state index in [0.717, 1.165) is 22.6 Å². The number of amides is 1. The largest absolute Gasteiger partial charge is 0.466 e. The van der Waals surface area contributed by atoms with Crippen molar-refractivity contribution in [3.05, 3.63) is 57.0 Å². The van der Waals surface area contributed by atoms with Crippen LogP contribution in [0.1, 0.15) is 22.6 Å². The van der Waals surface area contributed by atoms with Crippen molar-refractivity contribution < 1.29 is 9.21 Å². The topological polar surface area (TPSA) is 42.2 Å². The van der Waals surface area contributed by atoms with E-state index >= 15 is 0 Å². The van der Waals surface area contributed by atoms with Crippen molar-refractivity contribution in [2.45, 2.75) is 26.8 Å². The van der Waals surface area contributed by atoms with Crippen LogP contribution in [-0.2, 0) is 17.8 Å². The van der Waals surface area contributed by atoms with Gasteiger partial charge in [0.1, 0.15) is 11.5 Å². The Morgan fingerprint density at radius 2 is 1.95 bits per heavy atom. The van der Waals surface area contributed by atoms with E-state index in [-0.39, 0.29) is 12.3 Å². The Balaban J connectivity index is 1.94. The van der Waals surface area contributed by atoms with E-state index < -0.39 is 0 Å². The first-order valence-corrected chi connectivity index (χ1v) is 6.98. The van der Waals surface area contributed by atoms with Crippen LogP contribution in [0.4, 0.5) is 0 Å². The molecule has 0 aliphatic rings. The summed E-state index contributed by atoms with van der Waals surface area (Å²) >= 11 is 11.9. The molecule has 3 nitrogen and oxygen atoms in total. The van der Waals surface area contributed by atoms with Gasteiger partial charge in [0.2, 0.25) is 5.91 Å². The molecule has 0 fully saturated rings. The number of halogens is 2. The third-order valence-corrected chi connectivity index (χ3v) is 3.57. The van der Waals surface area contributed by atoms with Crippen molar-refractivity contribution >= 4 is 29.1 Å². The molecule has 0 aliphatic carbocycles. The van der Waals surface area contributed by atoms with E-state index in [4.69, 9.17) is 27.6 Å². The Hall–Kier alpha value is -1.45. The second kappa shape index (κ2) is 6.33. The van der Waals surface area contributed by atoms with Gasteiger partial charge in [-0.15, -0.1) is 0 Å². The van der Waals surface area contributed by atoms with Gasteiger partial charge in [-0.1, -0.05) is 29.3 Å². The predicted octanol–water partition coefficient (Wildman–Crippen LogP) is 4.06. The van der Waals surface area contributed by atoms with Gasteiger partial charge in [0, 0.05) is 22.2 Å². The van der Waals surface area contributed by atoms with Gasteiger partial charge in [-0.2, -0.15) is 0 Å². The van der Waals surface area contributed by atoms with Gasteiger partial charge >= 0.3 is 0 Å². The zero-order valence-electron chi connectivity index (χ0n) is 11.3. The molecular weight excluding hydrogens is 297 g/mol. The van der Waals surface area contributed by atoms with Gasteiger partial charge < -0.3 is 9.73 Å². The summed E-state index contributed by atoms with van der Waals surface area (Å²) in [6.07, 6.45) is 0.228. The minimum absolute atomic E-state index is 0.0903. The number of rotatable bonds is 4. The van der Waals surface area contributed by atoms with E-state index in [0.29, 0.717) is 16.6 Å². The number of carbonyl (C=O) groups excluding carboxylic acids is 1. The zero-order chi connectivity index (χ0) is 14.7. The monoisotopic (exact) mass is 311 g/mol. The normalized spacial score (nSPS) is 10.6. The fraction of sp³-hybridized carbons (Fsp3) is 0.267. The Morgan fingerprint density at radius 3 is 2.55 bits per heavy atom. The summed E-state index contributed by atoms with van der Waals surface area (Å²) < 4.78 is 5.41. The molecule has 106 valence electrons. The minimum atomic E-state index is -0.0903. The molecular formula is C15H15Cl2NO2. The van der Waals surface area contributed by atoms with E-state index in [9.17, 15) is 4.79 Å². The number of benzene rings is 1. The average molecular weight is 312 g/mol. The van der Waals surface area contributed by atoms with Crippen LogP contribution in [0.15, 0.2) is 28.7 Å². The molecule has 1 amide bonds. The summed E-state index contributed by atoms with van der Waals surface area (Å²) in [6.45, 7) is 4.21. The summed E-state index contributed by atoms with van der Waals surface area (Å²) in [7, 11) is 0. The summed E-state index contributed by atoms with van der Waals surface area (Å²) in [5, 5.41) is 3.91. The molecule has 1 aromatic heterocycles. The lowest BCUT2D eigenvalue weighted by atomic mass is 10.1. The van der Waals surface area contributed by atoms with E-state index in [1.807, 2.05) is 19.9 Å². The van der Waals surface area contributed by atoms with Crippen LogP contribution in [0.2, 0.25) is 10.0 Å².